The largest absolute Gasteiger partial charge is 0.355 e. The van der Waals surface area contributed by atoms with Gasteiger partial charge in [0.25, 0.3) is 10.0 Å². The molecule has 1 rings (SSSR count). The Hall–Kier alpha value is -0.730. The van der Waals surface area contributed by atoms with E-state index in [2.05, 4.69) is 9.97 Å². The summed E-state index contributed by atoms with van der Waals surface area (Å²) < 4.78 is 46.8. The second kappa shape index (κ2) is 4.42. The fraction of sp³-hybridized carbons (Fsp3) is 0.200. The number of hydrogen-bond acceptors (Lipinski definition) is 4. The van der Waals surface area contributed by atoms with Crippen LogP contribution in [0.3, 0.4) is 0 Å². The quantitative estimate of drug-likeness (QED) is 0.675. The van der Waals surface area contributed by atoms with Gasteiger partial charge in [-0.15, -0.1) is 0 Å². The summed E-state index contributed by atoms with van der Waals surface area (Å²) in [5.74, 6) is -3.98. The molecule has 5 nitrogen and oxygen atoms in total. The smallest absolute Gasteiger partial charge is 0.262 e. The van der Waals surface area contributed by atoms with E-state index >= 15 is 0 Å². The molecule has 0 bridgehead atoms. The van der Waals surface area contributed by atoms with Crippen LogP contribution in [0.5, 0.6) is 0 Å². The summed E-state index contributed by atoms with van der Waals surface area (Å²) in [6.45, 7) is 0. The molecular formula is C5H3Cl2F2N3O2S. The van der Waals surface area contributed by atoms with Crippen molar-refractivity contribution in [3.63, 3.8) is 0 Å². The number of rotatable bonds is 3. The summed E-state index contributed by atoms with van der Waals surface area (Å²) in [6, 6.07) is 0.952. The molecule has 1 heterocycles. The molecule has 0 fully saturated rings. The Labute approximate surface area is 93.5 Å². The van der Waals surface area contributed by atoms with E-state index in [-0.39, 0.29) is 10.4 Å². The first-order valence-corrected chi connectivity index (χ1v) is 5.61. The summed E-state index contributed by atoms with van der Waals surface area (Å²) in [5, 5.41) is -0.517. The summed E-state index contributed by atoms with van der Waals surface area (Å²) in [5.41, 5.74) is 0. The molecular weight excluding hydrogens is 275 g/mol. The van der Waals surface area contributed by atoms with Crippen LogP contribution in [0.25, 0.3) is 0 Å². The van der Waals surface area contributed by atoms with E-state index in [1.807, 2.05) is 0 Å². The Morgan fingerprint density at radius 3 is 2.40 bits per heavy atom. The Balaban J connectivity index is 3.00. The van der Waals surface area contributed by atoms with Crippen molar-refractivity contribution in [2.75, 3.05) is 4.72 Å². The number of anilines is 1. The maximum Gasteiger partial charge on any atom is 0.355 e. The van der Waals surface area contributed by atoms with Crippen LogP contribution < -0.4 is 4.72 Å². The third-order valence-corrected chi connectivity index (χ3v) is 2.47. The average molecular weight is 278 g/mol. The van der Waals surface area contributed by atoms with Gasteiger partial charge in [-0.1, -0.05) is 11.6 Å². The second-order valence-electron chi connectivity index (χ2n) is 2.25. The van der Waals surface area contributed by atoms with Gasteiger partial charge in [0.1, 0.15) is 11.0 Å². The van der Waals surface area contributed by atoms with Gasteiger partial charge < -0.3 is 0 Å². The van der Waals surface area contributed by atoms with Crippen LogP contribution in [-0.2, 0) is 10.0 Å². The van der Waals surface area contributed by atoms with Gasteiger partial charge in [0.05, 0.1) is 0 Å². The van der Waals surface area contributed by atoms with Gasteiger partial charge in [-0.3, -0.25) is 4.72 Å². The van der Waals surface area contributed by atoms with Gasteiger partial charge >= 0.3 is 5.76 Å². The summed E-state index contributed by atoms with van der Waals surface area (Å²) in [7, 11) is -4.78. The Morgan fingerprint density at radius 2 is 1.93 bits per heavy atom. The van der Waals surface area contributed by atoms with Crippen LogP contribution >= 0.6 is 23.2 Å². The topological polar surface area (TPSA) is 72.0 Å². The lowest BCUT2D eigenvalue weighted by Crippen LogP contribution is -2.21. The van der Waals surface area contributed by atoms with Crippen molar-refractivity contribution in [2.45, 2.75) is 5.76 Å². The first kappa shape index (κ1) is 12.3. The van der Waals surface area contributed by atoms with Crippen molar-refractivity contribution in [1.82, 2.24) is 9.97 Å². The molecule has 0 saturated heterocycles. The highest BCUT2D eigenvalue weighted by molar-refractivity contribution is 7.92. The molecule has 1 aromatic heterocycles. The normalized spacial score (nSPS) is 11.8. The van der Waals surface area contributed by atoms with Crippen LogP contribution in [0.2, 0.25) is 10.4 Å². The minimum Gasteiger partial charge on any atom is -0.262 e. The number of aromatic nitrogens is 2. The first-order valence-electron chi connectivity index (χ1n) is 3.31. The fourth-order valence-electron chi connectivity index (χ4n) is 0.632. The van der Waals surface area contributed by atoms with Crippen molar-refractivity contribution >= 4 is 39.0 Å². The average Bonchev–Trinajstić information content (AvgIpc) is 1.99. The minimum atomic E-state index is -4.78. The van der Waals surface area contributed by atoms with Crippen molar-refractivity contribution < 1.29 is 17.2 Å². The number of sulfonamides is 1. The SMILES string of the molecule is O=S(=O)(Nc1cc(Cl)nc(Cl)n1)C(F)F. The van der Waals surface area contributed by atoms with Crippen molar-refractivity contribution in [3.05, 3.63) is 16.5 Å². The maximum absolute atomic E-state index is 11.9. The predicted molar refractivity (Wildman–Crippen MR) is 50.6 cm³/mol. The van der Waals surface area contributed by atoms with Gasteiger partial charge in [-0.05, 0) is 11.6 Å². The highest BCUT2D eigenvalue weighted by Gasteiger charge is 2.24. The highest BCUT2D eigenvalue weighted by atomic mass is 35.5. The lowest BCUT2D eigenvalue weighted by Gasteiger charge is -2.05. The van der Waals surface area contributed by atoms with Gasteiger partial charge in [0.15, 0.2) is 0 Å². The Kier molecular flexibility index (Phi) is 3.63. The molecule has 84 valence electrons. The lowest BCUT2D eigenvalue weighted by molar-refractivity contribution is 0.236. The molecule has 0 aromatic carbocycles. The highest BCUT2D eigenvalue weighted by Crippen LogP contribution is 2.17. The monoisotopic (exact) mass is 277 g/mol. The van der Waals surface area contributed by atoms with E-state index in [0.29, 0.717) is 0 Å². The number of hydrogen-bond donors (Lipinski definition) is 1. The number of nitrogens with one attached hydrogen (secondary N) is 1. The van der Waals surface area contributed by atoms with Crippen molar-refractivity contribution in [3.8, 4) is 0 Å². The molecule has 15 heavy (non-hydrogen) atoms. The van der Waals surface area contributed by atoms with E-state index in [4.69, 9.17) is 23.2 Å². The van der Waals surface area contributed by atoms with Crippen LogP contribution in [0, 0.1) is 0 Å². The number of alkyl halides is 2. The van der Waals surface area contributed by atoms with Gasteiger partial charge in [-0.2, -0.15) is 13.8 Å². The summed E-state index contributed by atoms with van der Waals surface area (Å²) in [6.07, 6.45) is 0. The number of nitrogens with zero attached hydrogens (tertiary/aromatic N) is 2. The van der Waals surface area contributed by atoms with Gasteiger partial charge in [0, 0.05) is 6.07 Å². The molecule has 10 heteroatoms. The zero-order valence-corrected chi connectivity index (χ0v) is 9.11. The molecule has 0 atom stereocenters. The van der Waals surface area contributed by atoms with Crippen LogP contribution in [-0.4, -0.2) is 24.1 Å². The van der Waals surface area contributed by atoms with Gasteiger partial charge in [0.2, 0.25) is 5.28 Å². The third kappa shape index (κ3) is 3.40. The molecule has 0 aliphatic rings. The molecule has 0 amide bonds. The third-order valence-electron chi connectivity index (χ3n) is 1.15. The molecule has 0 spiro atoms. The van der Waals surface area contributed by atoms with Crippen LogP contribution in [0.4, 0.5) is 14.6 Å². The molecule has 1 N–H and O–H groups in total. The summed E-state index contributed by atoms with van der Waals surface area (Å²) in [4.78, 5) is 6.75. The lowest BCUT2D eigenvalue weighted by atomic mass is 10.6. The fourth-order valence-corrected chi connectivity index (χ4v) is 1.53. The molecule has 0 aliphatic heterocycles. The summed E-state index contributed by atoms with van der Waals surface area (Å²) >= 11 is 10.7. The Morgan fingerprint density at radius 1 is 1.33 bits per heavy atom. The van der Waals surface area contributed by atoms with E-state index < -0.39 is 21.6 Å². The van der Waals surface area contributed by atoms with E-state index in [1.54, 1.807) is 0 Å². The van der Waals surface area contributed by atoms with E-state index in [0.717, 1.165) is 6.07 Å². The van der Waals surface area contributed by atoms with Crippen LogP contribution in [0.15, 0.2) is 6.07 Å². The molecule has 0 unspecified atom stereocenters. The van der Waals surface area contributed by atoms with Crippen LogP contribution in [0.1, 0.15) is 0 Å². The molecule has 0 radical (unpaired) electrons. The second-order valence-corrected chi connectivity index (χ2v) is 4.63. The minimum absolute atomic E-state index is 0.165. The van der Waals surface area contributed by atoms with Crippen molar-refractivity contribution in [1.29, 1.82) is 0 Å². The first-order chi connectivity index (χ1) is 6.81. The molecule has 1 aromatic rings. The van der Waals surface area contributed by atoms with E-state index in [1.165, 1.54) is 4.72 Å². The number of halogens is 4. The van der Waals surface area contributed by atoms with Crippen molar-refractivity contribution in [2.24, 2.45) is 0 Å². The zero-order valence-electron chi connectivity index (χ0n) is 6.79. The molecule has 0 saturated carbocycles. The zero-order chi connectivity index (χ0) is 11.6. The Bertz CT molecular complexity index is 447. The van der Waals surface area contributed by atoms with Gasteiger partial charge in [-0.25, -0.2) is 13.4 Å². The predicted octanol–water partition coefficient (Wildman–Crippen LogP) is 1.75. The molecule has 0 aliphatic carbocycles. The van der Waals surface area contributed by atoms with E-state index in [9.17, 15) is 17.2 Å². The maximum atomic E-state index is 11.9. The standard InChI is InChI=1S/C5H3Cl2F2N3O2S/c6-2-1-3(11-4(7)10-2)12-15(13,14)5(8)9/h1,5H,(H,10,11,12).